The third-order valence-corrected chi connectivity index (χ3v) is 4.14. The second kappa shape index (κ2) is 10.2. The van der Waals surface area contributed by atoms with E-state index >= 15 is 0 Å². The molecule has 1 aromatic carbocycles. The van der Waals surface area contributed by atoms with Gasteiger partial charge in [0.25, 0.3) is 0 Å². The van der Waals surface area contributed by atoms with Crippen molar-refractivity contribution in [1.82, 2.24) is 20.6 Å². The Hall–Kier alpha value is -3.44. The zero-order valence-corrected chi connectivity index (χ0v) is 15.4. The van der Waals surface area contributed by atoms with Crippen LogP contribution in [-0.4, -0.2) is 67.8 Å². The molecule has 3 atom stereocenters. The number of phenols is 1. The SMILES string of the molecule is N[C@@H](Cc1cnc[nH]1)C(=O)N[C@@H](CO)C(=O)N[C@@H](Cc1ccc(O)cc1)C(=O)O. The van der Waals surface area contributed by atoms with Crippen LogP contribution in [0.1, 0.15) is 11.3 Å². The molecule has 1 aromatic heterocycles. The molecule has 8 N–H and O–H groups in total. The van der Waals surface area contributed by atoms with E-state index in [1.54, 1.807) is 0 Å². The van der Waals surface area contributed by atoms with Crippen molar-refractivity contribution in [2.24, 2.45) is 5.73 Å². The topological polar surface area (TPSA) is 191 Å². The number of aromatic nitrogens is 2. The number of rotatable bonds is 10. The van der Waals surface area contributed by atoms with Crippen LogP contribution in [0.4, 0.5) is 0 Å². The minimum Gasteiger partial charge on any atom is -0.508 e. The number of amides is 2. The third kappa shape index (κ3) is 6.59. The van der Waals surface area contributed by atoms with Crippen LogP contribution >= 0.6 is 0 Å². The fourth-order valence-corrected chi connectivity index (χ4v) is 2.54. The van der Waals surface area contributed by atoms with Gasteiger partial charge < -0.3 is 36.7 Å². The second-order valence-corrected chi connectivity index (χ2v) is 6.40. The Morgan fingerprint density at radius 1 is 1.07 bits per heavy atom. The molecule has 11 nitrogen and oxygen atoms in total. The molecule has 156 valence electrons. The van der Waals surface area contributed by atoms with Crippen LogP contribution in [0.5, 0.6) is 5.75 Å². The number of hydrogen-bond donors (Lipinski definition) is 7. The lowest BCUT2D eigenvalue weighted by Crippen LogP contribution is -2.56. The Morgan fingerprint density at radius 3 is 2.28 bits per heavy atom. The van der Waals surface area contributed by atoms with Gasteiger partial charge in [0.05, 0.1) is 19.0 Å². The van der Waals surface area contributed by atoms with Gasteiger partial charge in [-0.25, -0.2) is 9.78 Å². The Morgan fingerprint density at radius 2 is 1.72 bits per heavy atom. The van der Waals surface area contributed by atoms with Crippen molar-refractivity contribution in [2.45, 2.75) is 31.0 Å². The summed E-state index contributed by atoms with van der Waals surface area (Å²) in [5, 5.41) is 32.7. The number of imidazole rings is 1. The van der Waals surface area contributed by atoms with Gasteiger partial charge in [0, 0.05) is 24.7 Å². The number of aliphatic hydroxyl groups excluding tert-OH is 1. The van der Waals surface area contributed by atoms with Crippen molar-refractivity contribution in [3.05, 3.63) is 48.0 Å². The molecule has 29 heavy (non-hydrogen) atoms. The van der Waals surface area contributed by atoms with E-state index in [0.29, 0.717) is 11.3 Å². The number of carbonyl (C=O) groups excluding carboxylic acids is 2. The predicted molar refractivity (Wildman–Crippen MR) is 101 cm³/mol. The van der Waals surface area contributed by atoms with E-state index in [1.807, 2.05) is 0 Å². The zero-order chi connectivity index (χ0) is 21.4. The lowest BCUT2D eigenvalue weighted by atomic mass is 10.1. The summed E-state index contributed by atoms with van der Waals surface area (Å²) in [6.07, 6.45) is 3.03. The smallest absolute Gasteiger partial charge is 0.326 e. The maximum atomic E-state index is 12.4. The number of aromatic amines is 1. The highest BCUT2D eigenvalue weighted by molar-refractivity contribution is 5.92. The first kappa shape index (κ1) is 21.9. The lowest BCUT2D eigenvalue weighted by Gasteiger charge is -2.21. The van der Waals surface area contributed by atoms with E-state index in [4.69, 9.17) is 5.73 Å². The molecule has 2 amide bonds. The van der Waals surface area contributed by atoms with Crippen LogP contribution in [0.15, 0.2) is 36.8 Å². The summed E-state index contributed by atoms with van der Waals surface area (Å²) in [4.78, 5) is 42.6. The standard InChI is InChI=1S/C18H23N5O6/c19-13(6-11-7-20-9-21-11)16(26)23-15(8-24)17(27)22-14(18(28)29)5-10-1-3-12(25)4-2-10/h1-4,7,9,13-15,24-25H,5-6,8,19H2,(H,20,21)(H,22,27)(H,23,26)(H,28,29)/t13-,14-,15-/m0/s1. The number of benzene rings is 1. The number of aliphatic carboxylic acids is 1. The summed E-state index contributed by atoms with van der Waals surface area (Å²) in [7, 11) is 0. The summed E-state index contributed by atoms with van der Waals surface area (Å²) in [6.45, 7) is -0.736. The number of carboxylic acids is 1. The molecule has 0 unspecified atom stereocenters. The molecule has 0 aliphatic heterocycles. The quantitative estimate of drug-likeness (QED) is 0.242. The highest BCUT2D eigenvalue weighted by atomic mass is 16.4. The van der Waals surface area contributed by atoms with E-state index in [0.717, 1.165) is 0 Å². The van der Waals surface area contributed by atoms with Gasteiger partial charge in [-0.3, -0.25) is 9.59 Å². The van der Waals surface area contributed by atoms with E-state index in [2.05, 4.69) is 20.6 Å². The highest BCUT2D eigenvalue weighted by Crippen LogP contribution is 2.11. The van der Waals surface area contributed by atoms with Crippen molar-refractivity contribution in [1.29, 1.82) is 0 Å². The van der Waals surface area contributed by atoms with E-state index in [-0.39, 0.29) is 18.6 Å². The summed E-state index contributed by atoms with van der Waals surface area (Å²) in [6, 6.07) is 2.19. The minimum absolute atomic E-state index is 0.0270. The first-order valence-electron chi connectivity index (χ1n) is 8.75. The normalized spacial score (nSPS) is 13.9. The summed E-state index contributed by atoms with van der Waals surface area (Å²) >= 11 is 0. The van der Waals surface area contributed by atoms with Gasteiger partial charge >= 0.3 is 5.97 Å². The fourth-order valence-electron chi connectivity index (χ4n) is 2.54. The van der Waals surface area contributed by atoms with Crippen LogP contribution in [0, 0.1) is 0 Å². The van der Waals surface area contributed by atoms with Crippen molar-refractivity contribution >= 4 is 17.8 Å². The van der Waals surface area contributed by atoms with Crippen molar-refractivity contribution < 1.29 is 29.7 Å². The third-order valence-electron chi connectivity index (χ3n) is 4.14. The molecule has 2 rings (SSSR count). The highest BCUT2D eigenvalue weighted by Gasteiger charge is 2.28. The van der Waals surface area contributed by atoms with Gasteiger partial charge in [0.2, 0.25) is 11.8 Å². The molecule has 0 aliphatic carbocycles. The molecular weight excluding hydrogens is 382 g/mol. The molecule has 0 bridgehead atoms. The fraction of sp³-hybridized carbons (Fsp3) is 0.333. The monoisotopic (exact) mass is 405 g/mol. The van der Waals surface area contributed by atoms with E-state index < -0.39 is 42.5 Å². The first-order valence-corrected chi connectivity index (χ1v) is 8.75. The Balaban J connectivity index is 1.95. The van der Waals surface area contributed by atoms with Crippen LogP contribution in [-0.2, 0) is 27.2 Å². The van der Waals surface area contributed by atoms with Crippen molar-refractivity contribution in [2.75, 3.05) is 6.61 Å². The average molecular weight is 405 g/mol. The Labute approximate surface area is 166 Å². The van der Waals surface area contributed by atoms with Crippen LogP contribution in [0.3, 0.4) is 0 Å². The number of aliphatic hydroxyl groups is 1. The molecular formula is C18H23N5O6. The van der Waals surface area contributed by atoms with Gasteiger partial charge in [-0.05, 0) is 17.7 Å². The molecule has 0 radical (unpaired) electrons. The molecule has 0 spiro atoms. The van der Waals surface area contributed by atoms with Crippen molar-refractivity contribution in [3.63, 3.8) is 0 Å². The first-order chi connectivity index (χ1) is 13.8. The molecule has 11 heteroatoms. The molecule has 0 fully saturated rings. The van der Waals surface area contributed by atoms with Crippen molar-refractivity contribution in [3.8, 4) is 5.75 Å². The number of nitrogens with one attached hydrogen (secondary N) is 3. The molecule has 0 saturated carbocycles. The maximum absolute atomic E-state index is 12.4. The Bertz CT molecular complexity index is 824. The summed E-state index contributed by atoms with van der Waals surface area (Å²) < 4.78 is 0. The van der Waals surface area contributed by atoms with Crippen LogP contribution in [0.2, 0.25) is 0 Å². The molecule has 2 aromatic rings. The minimum atomic E-state index is -1.36. The number of nitrogens with two attached hydrogens (primary N) is 1. The summed E-state index contributed by atoms with van der Waals surface area (Å²) in [5.74, 6) is -2.80. The maximum Gasteiger partial charge on any atom is 0.326 e. The number of carboxylic acid groups (broad SMARTS) is 1. The number of carbonyl (C=O) groups is 3. The molecule has 0 saturated heterocycles. The Kier molecular flexibility index (Phi) is 7.69. The van der Waals surface area contributed by atoms with Gasteiger partial charge in [0.1, 0.15) is 17.8 Å². The largest absolute Gasteiger partial charge is 0.508 e. The second-order valence-electron chi connectivity index (χ2n) is 6.40. The number of H-pyrrole nitrogens is 1. The molecule has 1 heterocycles. The summed E-state index contributed by atoms with van der Waals surface area (Å²) in [5.41, 5.74) is 6.98. The van der Waals surface area contributed by atoms with Gasteiger partial charge in [-0.2, -0.15) is 0 Å². The van der Waals surface area contributed by atoms with E-state index in [1.165, 1.54) is 36.8 Å². The predicted octanol–water partition coefficient (Wildman–Crippen LogP) is -1.73. The number of hydrogen-bond acceptors (Lipinski definition) is 7. The number of phenolic OH excluding ortho intramolecular Hbond substituents is 1. The number of aromatic hydroxyl groups is 1. The average Bonchev–Trinajstić information content (AvgIpc) is 3.19. The lowest BCUT2D eigenvalue weighted by molar-refractivity contribution is -0.142. The molecule has 0 aliphatic rings. The van der Waals surface area contributed by atoms with Gasteiger partial charge in [0.15, 0.2) is 0 Å². The van der Waals surface area contributed by atoms with Gasteiger partial charge in [-0.15, -0.1) is 0 Å². The van der Waals surface area contributed by atoms with Gasteiger partial charge in [-0.1, -0.05) is 12.1 Å². The zero-order valence-electron chi connectivity index (χ0n) is 15.4. The van der Waals surface area contributed by atoms with Crippen LogP contribution < -0.4 is 16.4 Å². The van der Waals surface area contributed by atoms with E-state index in [9.17, 15) is 29.7 Å². The number of nitrogens with zero attached hydrogens (tertiary/aromatic N) is 1. The van der Waals surface area contributed by atoms with Crippen LogP contribution in [0.25, 0.3) is 0 Å².